The molecule has 0 aromatic carbocycles. The molecule has 2 heterocycles. The molecule has 2 atom stereocenters. The fraction of sp³-hybridized carbons (Fsp3) is 0.600. The first-order chi connectivity index (χ1) is 7.09. The molecule has 0 spiro atoms. The molecule has 1 aromatic heterocycles. The van der Waals surface area contributed by atoms with Gasteiger partial charge in [-0.05, 0) is 13.3 Å². The van der Waals surface area contributed by atoms with Crippen molar-refractivity contribution in [3.05, 3.63) is 32.6 Å². The van der Waals surface area contributed by atoms with Gasteiger partial charge in [0.15, 0.2) is 0 Å². The third-order valence-electron chi connectivity index (χ3n) is 2.77. The molecule has 1 N–H and O–H groups in total. The van der Waals surface area contributed by atoms with Crippen LogP contribution in [-0.2, 0) is 4.74 Å². The molecular weight excluding hydrogens is 196 g/mol. The van der Waals surface area contributed by atoms with Crippen LogP contribution in [0.1, 0.15) is 25.1 Å². The van der Waals surface area contributed by atoms with Gasteiger partial charge >= 0.3 is 5.69 Å². The quantitative estimate of drug-likeness (QED) is 0.729. The average Bonchev–Trinajstić information content (AvgIpc) is 2.58. The summed E-state index contributed by atoms with van der Waals surface area (Å²) >= 11 is 0. The highest BCUT2D eigenvalue weighted by molar-refractivity contribution is 5.01. The van der Waals surface area contributed by atoms with Crippen LogP contribution in [0.4, 0.5) is 0 Å². The Morgan fingerprint density at radius 3 is 2.87 bits per heavy atom. The van der Waals surface area contributed by atoms with Crippen molar-refractivity contribution in [2.75, 3.05) is 6.61 Å². The van der Waals surface area contributed by atoms with E-state index >= 15 is 0 Å². The highest BCUT2D eigenvalue weighted by atomic mass is 16.5. The van der Waals surface area contributed by atoms with E-state index in [0.717, 1.165) is 6.42 Å². The summed E-state index contributed by atoms with van der Waals surface area (Å²) in [6, 6.07) is 0. The summed E-state index contributed by atoms with van der Waals surface area (Å²) < 4.78 is 6.93. The van der Waals surface area contributed by atoms with Gasteiger partial charge < -0.3 is 4.74 Å². The standard InChI is InChI=1S/C10H14N2O3/c1-6-3-4-15-9(6)12-5-7(2)8(13)11-10(12)14/h5-6,9H,3-4H2,1-2H3,(H,11,13,14)/t6-,9-/m0/s1. The topological polar surface area (TPSA) is 64.1 Å². The molecule has 82 valence electrons. The van der Waals surface area contributed by atoms with Crippen LogP contribution in [0, 0.1) is 12.8 Å². The molecule has 1 aromatic rings. The van der Waals surface area contributed by atoms with Crippen LogP contribution >= 0.6 is 0 Å². The van der Waals surface area contributed by atoms with Gasteiger partial charge in [-0.2, -0.15) is 0 Å². The Kier molecular flexibility index (Phi) is 2.48. The zero-order chi connectivity index (χ0) is 11.0. The molecule has 1 fully saturated rings. The lowest BCUT2D eigenvalue weighted by atomic mass is 10.1. The van der Waals surface area contributed by atoms with Gasteiger partial charge in [-0.3, -0.25) is 14.3 Å². The van der Waals surface area contributed by atoms with Crippen LogP contribution in [0.25, 0.3) is 0 Å². The van der Waals surface area contributed by atoms with Crippen molar-refractivity contribution in [1.82, 2.24) is 9.55 Å². The zero-order valence-electron chi connectivity index (χ0n) is 8.82. The third kappa shape index (κ3) is 1.74. The Balaban J connectivity index is 2.48. The molecule has 1 aliphatic rings. The van der Waals surface area contributed by atoms with Crippen LogP contribution in [0.15, 0.2) is 15.8 Å². The second-order valence-electron chi connectivity index (χ2n) is 4.01. The number of aryl methyl sites for hydroxylation is 1. The minimum Gasteiger partial charge on any atom is -0.358 e. The van der Waals surface area contributed by atoms with E-state index in [0.29, 0.717) is 18.1 Å². The van der Waals surface area contributed by atoms with E-state index in [9.17, 15) is 9.59 Å². The van der Waals surface area contributed by atoms with Crippen LogP contribution in [0.3, 0.4) is 0 Å². The van der Waals surface area contributed by atoms with Crippen LogP contribution in [0.2, 0.25) is 0 Å². The normalized spacial score (nSPS) is 25.7. The fourth-order valence-corrected chi connectivity index (χ4v) is 1.81. The number of nitrogens with one attached hydrogen (secondary N) is 1. The number of aromatic amines is 1. The summed E-state index contributed by atoms with van der Waals surface area (Å²) in [4.78, 5) is 25.0. The third-order valence-corrected chi connectivity index (χ3v) is 2.77. The van der Waals surface area contributed by atoms with Gasteiger partial charge in [-0.25, -0.2) is 4.79 Å². The minimum atomic E-state index is -0.399. The molecule has 0 amide bonds. The molecule has 0 radical (unpaired) electrons. The highest BCUT2D eigenvalue weighted by Gasteiger charge is 2.26. The van der Waals surface area contributed by atoms with E-state index in [1.165, 1.54) is 4.57 Å². The Bertz CT molecular complexity index is 474. The fourth-order valence-electron chi connectivity index (χ4n) is 1.81. The molecule has 2 rings (SSSR count). The van der Waals surface area contributed by atoms with Gasteiger partial charge in [0.25, 0.3) is 5.56 Å². The highest BCUT2D eigenvalue weighted by Crippen LogP contribution is 2.27. The monoisotopic (exact) mass is 210 g/mol. The van der Waals surface area contributed by atoms with Crippen molar-refractivity contribution in [2.45, 2.75) is 26.5 Å². The molecule has 1 aliphatic heterocycles. The van der Waals surface area contributed by atoms with Gasteiger partial charge in [-0.15, -0.1) is 0 Å². The summed E-state index contributed by atoms with van der Waals surface area (Å²) in [6.45, 7) is 4.37. The maximum absolute atomic E-state index is 11.6. The molecule has 0 aliphatic carbocycles. The molecule has 0 saturated carbocycles. The maximum atomic E-state index is 11.6. The summed E-state index contributed by atoms with van der Waals surface area (Å²) in [7, 11) is 0. The number of hydrogen-bond donors (Lipinski definition) is 1. The van der Waals surface area contributed by atoms with Crippen molar-refractivity contribution in [2.24, 2.45) is 5.92 Å². The van der Waals surface area contributed by atoms with Gasteiger partial charge in [-0.1, -0.05) is 6.92 Å². The van der Waals surface area contributed by atoms with Crippen molar-refractivity contribution < 1.29 is 4.74 Å². The molecule has 15 heavy (non-hydrogen) atoms. The van der Waals surface area contributed by atoms with E-state index < -0.39 is 5.69 Å². The lowest BCUT2D eigenvalue weighted by Crippen LogP contribution is -2.34. The molecule has 5 nitrogen and oxygen atoms in total. The number of rotatable bonds is 1. The lowest BCUT2D eigenvalue weighted by Gasteiger charge is -2.17. The van der Waals surface area contributed by atoms with Crippen LogP contribution in [-0.4, -0.2) is 16.2 Å². The largest absolute Gasteiger partial charge is 0.358 e. The van der Waals surface area contributed by atoms with E-state index in [1.807, 2.05) is 6.92 Å². The summed E-state index contributed by atoms with van der Waals surface area (Å²) in [5.41, 5.74) is -0.205. The first-order valence-corrected chi connectivity index (χ1v) is 5.03. The van der Waals surface area contributed by atoms with E-state index in [2.05, 4.69) is 4.98 Å². The number of aromatic nitrogens is 2. The van der Waals surface area contributed by atoms with Crippen molar-refractivity contribution in [1.29, 1.82) is 0 Å². The molecule has 5 heteroatoms. The molecule has 0 bridgehead atoms. The Labute approximate surface area is 86.7 Å². The predicted octanol–water partition coefficient (Wildman–Crippen LogP) is 0.400. The number of hydrogen-bond acceptors (Lipinski definition) is 3. The van der Waals surface area contributed by atoms with Crippen molar-refractivity contribution in [3.63, 3.8) is 0 Å². The van der Waals surface area contributed by atoms with Crippen molar-refractivity contribution in [3.8, 4) is 0 Å². The average molecular weight is 210 g/mol. The smallest absolute Gasteiger partial charge is 0.330 e. The zero-order valence-corrected chi connectivity index (χ0v) is 8.82. The summed E-state index contributed by atoms with van der Waals surface area (Å²) in [6.07, 6.45) is 2.26. The van der Waals surface area contributed by atoms with Crippen LogP contribution < -0.4 is 11.2 Å². The van der Waals surface area contributed by atoms with Crippen molar-refractivity contribution >= 4 is 0 Å². The Hall–Kier alpha value is -1.36. The first-order valence-electron chi connectivity index (χ1n) is 5.03. The van der Waals surface area contributed by atoms with Gasteiger partial charge in [0.05, 0.1) is 0 Å². The lowest BCUT2D eigenvalue weighted by molar-refractivity contribution is 0.0325. The van der Waals surface area contributed by atoms with Gasteiger partial charge in [0.1, 0.15) is 6.23 Å². The first kappa shape index (κ1) is 10.2. The van der Waals surface area contributed by atoms with E-state index in [1.54, 1.807) is 13.1 Å². The second kappa shape index (κ2) is 3.66. The number of H-pyrrole nitrogens is 1. The molecule has 1 saturated heterocycles. The summed E-state index contributed by atoms with van der Waals surface area (Å²) in [5.74, 6) is 0.299. The minimum absolute atomic E-state index is 0.243. The Morgan fingerprint density at radius 2 is 2.27 bits per heavy atom. The number of ether oxygens (including phenoxy) is 1. The second-order valence-corrected chi connectivity index (χ2v) is 4.01. The number of nitrogens with zero attached hydrogens (tertiary/aromatic N) is 1. The predicted molar refractivity (Wildman–Crippen MR) is 54.8 cm³/mol. The maximum Gasteiger partial charge on any atom is 0.330 e. The van der Waals surface area contributed by atoms with Gasteiger partial charge in [0.2, 0.25) is 0 Å². The Morgan fingerprint density at radius 1 is 1.53 bits per heavy atom. The van der Waals surface area contributed by atoms with Crippen LogP contribution in [0.5, 0.6) is 0 Å². The van der Waals surface area contributed by atoms with E-state index in [-0.39, 0.29) is 11.8 Å². The molecular formula is C10H14N2O3. The molecule has 0 unspecified atom stereocenters. The van der Waals surface area contributed by atoms with E-state index in [4.69, 9.17) is 4.74 Å². The van der Waals surface area contributed by atoms with Gasteiger partial charge in [0, 0.05) is 24.3 Å². The SMILES string of the molecule is Cc1cn([C@H]2OCC[C@@H]2C)c(=O)[nH]c1=O. The summed E-state index contributed by atoms with van der Waals surface area (Å²) in [5, 5.41) is 0.